The molecule has 1 aromatic rings. The monoisotopic (exact) mass is 170 g/mol. The van der Waals surface area contributed by atoms with Gasteiger partial charge in [0.25, 0.3) is 0 Å². The smallest absolute Gasteiger partial charge is 0.115 e. The molecule has 1 aromatic carbocycles. The summed E-state index contributed by atoms with van der Waals surface area (Å²) in [5.74, 6) is 3.60. The molecule has 1 fully saturated rings. The van der Waals surface area contributed by atoms with Crippen LogP contribution in [-0.2, 0) is 0 Å². The van der Waals surface area contributed by atoms with Crippen molar-refractivity contribution in [1.82, 2.24) is 0 Å². The standard InChI is InChI=1S/C12H10O/c13-6-1-2-9-10(5-6)12-8-4-3-7(8)11(9)12/h1-5,7-8,11-13H. The SMILES string of the molecule is Oc1ccc2c(c1)C1C3C=CC3C21. The fourth-order valence-electron chi connectivity index (χ4n) is 3.28. The topological polar surface area (TPSA) is 20.2 Å². The minimum atomic E-state index is 0.420. The van der Waals surface area contributed by atoms with Crippen molar-refractivity contribution in [2.75, 3.05) is 0 Å². The Morgan fingerprint density at radius 2 is 1.62 bits per heavy atom. The Hall–Kier alpha value is -1.24. The molecule has 0 amide bonds. The zero-order valence-corrected chi connectivity index (χ0v) is 7.14. The van der Waals surface area contributed by atoms with Crippen molar-refractivity contribution in [2.45, 2.75) is 11.8 Å². The summed E-state index contributed by atoms with van der Waals surface area (Å²) < 4.78 is 0. The number of aromatic hydroxyl groups is 1. The number of fused-ring (bicyclic) bond motifs is 7. The summed E-state index contributed by atoms with van der Waals surface area (Å²) in [7, 11) is 0. The lowest BCUT2D eigenvalue weighted by Gasteiger charge is -2.62. The van der Waals surface area contributed by atoms with Crippen molar-refractivity contribution in [3.63, 3.8) is 0 Å². The van der Waals surface area contributed by atoms with Gasteiger partial charge >= 0.3 is 0 Å². The Bertz CT molecular complexity index is 433. The van der Waals surface area contributed by atoms with Crippen LogP contribution < -0.4 is 0 Å². The zero-order valence-electron chi connectivity index (χ0n) is 7.14. The van der Waals surface area contributed by atoms with Crippen LogP contribution in [0.4, 0.5) is 0 Å². The van der Waals surface area contributed by atoms with Crippen LogP contribution in [0.15, 0.2) is 30.4 Å². The van der Waals surface area contributed by atoms with E-state index in [1.54, 1.807) is 0 Å². The van der Waals surface area contributed by atoms with Gasteiger partial charge in [0.2, 0.25) is 0 Å². The number of rotatable bonds is 0. The van der Waals surface area contributed by atoms with Crippen LogP contribution >= 0.6 is 0 Å². The molecule has 0 radical (unpaired) electrons. The molecule has 13 heavy (non-hydrogen) atoms. The van der Waals surface area contributed by atoms with Gasteiger partial charge in [-0.3, -0.25) is 0 Å². The number of phenols is 1. The van der Waals surface area contributed by atoms with Gasteiger partial charge in [-0.05, 0) is 46.9 Å². The summed E-state index contributed by atoms with van der Waals surface area (Å²) in [4.78, 5) is 0. The van der Waals surface area contributed by atoms with E-state index in [2.05, 4.69) is 18.2 Å². The first-order valence-corrected chi connectivity index (χ1v) is 4.87. The van der Waals surface area contributed by atoms with Gasteiger partial charge in [0.15, 0.2) is 0 Å². The van der Waals surface area contributed by atoms with E-state index in [-0.39, 0.29) is 0 Å². The van der Waals surface area contributed by atoms with Gasteiger partial charge in [-0.15, -0.1) is 0 Å². The van der Waals surface area contributed by atoms with Crippen LogP contribution in [0.1, 0.15) is 23.0 Å². The van der Waals surface area contributed by atoms with E-state index in [4.69, 9.17) is 0 Å². The second-order valence-electron chi connectivity index (χ2n) is 4.40. The number of phenolic OH excluding ortho intramolecular Hbond substituents is 1. The first-order chi connectivity index (χ1) is 6.36. The van der Waals surface area contributed by atoms with Crippen LogP contribution in [-0.4, -0.2) is 5.11 Å². The van der Waals surface area contributed by atoms with E-state index in [0.29, 0.717) is 5.75 Å². The number of allylic oxidation sites excluding steroid dienone is 2. The summed E-state index contributed by atoms with van der Waals surface area (Å²) in [6.07, 6.45) is 4.65. The predicted octanol–water partition coefficient (Wildman–Crippen LogP) is 2.39. The normalized spacial score (nSPS) is 41.8. The molecule has 0 aromatic heterocycles. The lowest BCUT2D eigenvalue weighted by molar-refractivity contribution is 0.110. The molecule has 1 nitrogen and oxygen atoms in total. The minimum Gasteiger partial charge on any atom is -0.508 e. The second-order valence-corrected chi connectivity index (χ2v) is 4.40. The molecule has 0 heterocycles. The quantitative estimate of drug-likeness (QED) is 0.593. The van der Waals surface area contributed by atoms with Gasteiger partial charge < -0.3 is 5.11 Å². The van der Waals surface area contributed by atoms with Gasteiger partial charge in [0.05, 0.1) is 0 Å². The summed E-state index contributed by atoms with van der Waals surface area (Å²) in [6.45, 7) is 0. The maximum Gasteiger partial charge on any atom is 0.115 e. The third kappa shape index (κ3) is 0.497. The van der Waals surface area contributed by atoms with Crippen molar-refractivity contribution >= 4 is 0 Å². The Kier molecular flexibility index (Phi) is 0.804. The van der Waals surface area contributed by atoms with Crippen LogP contribution in [0, 0.1) is 11.8 Å². The van der Waals surface area contributed by atoms with E-state index in [0.717, 1.165) is 23.7 Å². The molecule has 0 spiro atoms. The van der Waals surface area contributed by atoms with Crippen LogP contribution in [0.25, 0.3) is 0 Å². The maximum absolute atomic E-state index is 9.35. The first-order valence-electron chi connectivity index (χ1n) is 4.87. The third-order valence-corrected chi connectivity index (χ3v) is 4.00. The van der Waals surface area contributed by atoms with Gasteiger partial charge in [-0.25, -0.2) is 0 Å². The Balaban J connectivity index is 1.89. The fourth-order valence-corrected chi connectivity index (χ4v) is 3.28. The highest BCUT2D eigenvalue weighted by atomic mass is 16.3. The highest BCUT2D eigenvalue weighted by Crippen LogP contribution is 2.70. The molecule has 4 unspecified atom stereocenters. The maximum atomic E-state index is 9.35. The van der Waals surface area contributed by atoms with Gasteiger partial charge in [-0.2, -0.15) is 0 Å². The number of hydrogen-bond acceptors (Lipinski definition) is 1. The average Bonchev–Trinajstić information content (AvgIpc) is 2.09. The van der Waals surface area contributed by atoms with Crippen molar-refractivity contribution < 1.29 is 5.11 Å². The lowest BCUT2D eigenvalue weighted by Crippen LogP contribution is -2.52. The summed E-state index contributed by atoms with van der Waals surface area (Å²) in [6, 6.07) is 5.85. The summed E-state index contributed by atoms with van der Waals surface area (Å²) in [5.41, 5.74) is 2.88. The fraction of sp³-hybridized carbons (Fsp3) is 0.333. The average molecular weight is 170 g/mol. The minimum absolute atomic E-state index is 0.420. The van der Waals surface area contributed by atoms with E-state index >= 15 is 0 Å². The molecule has 3 aliphatic carbocycles. The van der Waals surface area contributed by atoms with Crippen LogP contribution in [0.2, 0.25) is 0 Å². The first kappa shape index (κ1) is 6.25. The van der Waals surface area contributed by atoms with Gasteiger partial charge in [0.1, 0.15) is 5.75 Å². The van der Waals surface area contributed by atoms with E-state index < -0.39 is 0 Å². The molecule has 4 atom stereocenters. The van der Waals surface area contributed by atoms with E-state index in [1.165, 1.54) is 11.1 Å². The molecule has 0 bridgehead atoms. The number of benzene rings is 1. The second kappa shape index (κ2) is 1.67. The molecule has 0 saturated heterocycles. The molecule has 1 saturated carbocycles. The van der Waals surface area contributed by atoms with Crippen molar-refractivity contribution in [1.29, 1.82) is 0 Å². The third-order valence-electron chi connectivity index (χ3n) is 4.00. The molecule has 1 heteroatoms. The molecule has 4 rings (SSSR count). The Labute approximate surface area is 76.7 Å². The summed E-state index contributed by atoms with van der Waals surface area (Å²) >= 11 is 0. The molecule has 1 N–H and O–H groups in total. The molecule has 64 valence electrons. The van der Waals surface area contributed by atoms with Crippen molar-refractivity contribution in [3.8, 4) is 5.75 Å². The van der Waals surface area contributed by atoms with E-state index in [9.17, 15) is 5.11 Å². The highest BCUT2D eigenvalue weighted by Gasteiger charge is 2.59. The van der Waals surface area contributed by atoms with Gasteiger partial charge in [-0.1, -0.05) is 18.2 Å². The highest BCUT2D eigenvalue weighted by molar-refractivity contribution is 5.57. The Morgan fingerprint density at radius 1 is 0.923 bits per heavy atom. The molecular formula is C12H10O. The van der Waals surface area contributed by atoms with Crippen molar-refractivity contribution in [2.24, 2.45) is 11.8 Å². The van der Waals surface area contributed by atoms with E-state index in [1.807, 2.05) is 12.1 Å². The van der Waals surface area contributed by atoms with Gasteiger partial charge in [0, 0.05) is 0 Å². The van der Waals surface area contributed by atoms with Crippen LogP contribution in [0.3, 0.4) is 0 Å². The van der Waals surface area contributed by atoms with Crippen LogP contribution in [0.5, 0.6) is 5.75 Å². The molecular weight excluding hydrogens is 160 g/mol. The zero-order chi connectivity index (χ0) is 8.58. The Morgan fingerprint density at radius 3 is 2.31 bits per heavy atom. The lowest BCUT2D eigenvalue weighted by atomic mass is 9.41. The van der Waals surface area contributed by atoms with Crippen molar-refractivity contribution in [3.05, 3.63) is 41.5 Å². The molecule has 3 aliphatic rings. The summed E-state index contributed by atoms with van der Waals surface area (Å²) in [5, 5.41) is 9.35. The predicted molar refractivity (Wildman–Crippen MR) is 49.7 cm³/mol. The largest absolute Gasteiger partial charge is 0.508 e. The molecule has 0 aliphatic heterocycles. The number of hydrogen-bond donors (Lipinski definition) is 1.